The van der Waals surface area contributed by atoms with Crippen LogP contribution < -0.4 is 11.1 Å². The Morgan fingerprint density at radius 3 is 2.43 bits per heavy atom. The largest absolute Gasteiger partial charge is 0.444 e. The fourth-order valence-corrected chi connectivity index (χ4v) is 2.72. The molecule has 2 rings (SSSR count). The molecule has 3 N–H and O–H groups in total. The van der Waals surface area contributed by atoms with Gasteiger partial charge in [0.2, 0.25) is 0 Å². The van der Waals surface area contributed by atoms with E-state index in [0.29, 0.717) is 10.7 Å². The Morgan fingerprint density at radius 1 is 1.38 bits per heavy atom. The maximum absolute atomic E-state index is 11.9. The quantitative estimate of drug-likeness (QED) is 0.863. The monoisotopic (exact) mass is 310 g/mol. The van der Waals surface area contributed by atoms with Crippen LogP contribution in [-0.4, -0.2) is 17.7 Å². The van der Waals surface area contributed by atoms with E-state index in [9.17, 15) is 4.79 Å². The highest BCUT2D eigenvalue weighted by molar-refractivity contribution is 6.33. The third-order valence-corrected chi connectivity index (χ3v) is 4.23. The Morgan fingerprint density at radius 2 is 1.95 bits per heavy atom. The predicted octanol–water partition coefficient (Wildman–Crippen LogP) is 4.14. The number of halogens is 1. The van der Waals surface area contributed by atoms with Gasteiger partial charge in [-0.05, 0) is 43.9 Å². The highest BCUT2D eigenvalue weighted by atomic mass is 35.5. The maximum atomic E-state index is 11.9. The van der Waals surface area contributed by atoms with Gasteiger partial charge in [-0.3, -0.25) is 5.32 Å². The molecule has 0 spiro atoms. The number of carbonyl (C=O) groups is 1. The van der Waals surface area contributed by atoms with Crippen molar-refractivity contribution >= 4 is 23.4 Å². The summed E-state index contributed by atoms with van der Waals surface area (Å²) in [6.45, 7) is 9.72. The third-order valence-electron chi connectivity index (χ3n) is 3.90. The Balaban J connectivity index is 2.16. The third kappa shape index (κ3) is 3.50. The zero-order chi connectivity index (χ0) is 16.0. The number of nitrogens with two attached hydrogens (primary N) is 1. The number of nitrogens with one attached hydrogen (secondary N) is 1. The van der Waals surface area contributed by atoms with Crippen molar-refractivity contribution in [1.82, 2.24) is 0 Å². The molecule has 5 heteroatoms. The Bertz CT molecular complexity index is 564. The molecule has 1 aromatic carbocycles. The van der Waals surface area contributed by atoms with Gasteiger partial charge in [-0.2, -0.15) is 0 Å². The standard InChI is InChI=1S/C16H23ClN2O2/c1-15(2,3)21-14(20)19-11-8-9(6-7-10(11)17)12-13(18)16(12,4)5/h6-8,12-13H,18H2,1-5H3,(H,19,20)/t12-,13-/m1/s1. The van der Waals surface area contributed by atoms with Gasteiger partial charge in [0.15, 0.2) is 0 Å². The van der Waals surface area contributed by atoms with Crippen LogP contribution in [-0.2, 0) is 4.74 Å². The first-order chi connectivity index (χ1) is 9.52. The first-order valence-corrected chi connectivity index (χ1v) is 7.45. The fraction of sp³-hybridized carbons (Fsp3) is 0.562. The summed E-state index contributed by atoms with van der Waals surface area (Å²) in [5, 5.41) is 3.18. The molecule has 0 radical (unpaired) electrons. The van der Waals surface area contributed by atoms with Crippen molar-refractivity contribution in [2.24, 2.45) is 11.1 Å². The smallest absolute Gasteiger partial charge is 0.412 e. The highest BCUT2D eigenvalue weighted by Gasteiger charge is 2.56. The fourth-order valence-electron chi connectivity index (χ4n) is 2.56. The molecule has 1 saturated carbocycles. The lowest BCUT2D eigenvalue weighted by atomic mass is 10.0. The van der Waals surface area contributed by atoms with Gasteiger partial charge in [0.05, 0.1) is 10.7 Å². The molecule has 0 heterocycles. The molecule has 0 aromatic heterocycles. The summed E-state index contributed by atoms with van der Waals surface area (Å²) in [7, 11) is 0. The van der Waals surface area contributed by atoms with E-state index in [1.165, 1.54) is 0 Å². The molecule has 1 aliphatic rings. The van der Waals surface area contributed by atoms with Crippen LogP contribution in [0.15, 0.2) is 18.2 Å². The van der Waals surface area contributed by atoms with Gasteiger partial charge in [0, 0.05) is 12.0 Å². The second-order valence-electron chi connectivity index (χ2n) is 7.19. The number of hydrogen-bond donors (Lipinski definition) is 2. The van der Waals surface area contributed by atoms with Crippen molar-refractivity contribution in [3.63, 3.8) is 0 Å². The Hall–Kier alpha value is -1.26. The summed E-state index contributed by atoms with van der Waals surface area (Å²) >= 11 is 6.14. The number of rotatable bonds is 2. The van der Waals surface area contributed by atoms with Gasteiger partial charge in [-0.15, -0.1) is 0 Å². The van der Waals surface area contributed by atoms with Crippen molar-refractivity contribution < 1.29 is 9.53 Å². The zero-order valence-corrected chi connectivity index (χ0v) is 13.9. The molecule has 1 aliphatic carbocycles. The number of anilines is 1. The van der Waals surface area contributed by atoms with E-state index < -0.39 is 11.7 Å². The number of carbonyl (C=O) groups excluding carboxylic acids is 1. The van der Waals surface area contributed by atoms with Crippen LogP contribution in [0.2, 0.25) is 5.02 Å². The van der Waals surface area contributed by atoms with E-state index in [1.807, 2.05) is 32.9 Å². The summed E-state index contributed by atoms with van der Waals surface area (Å²) in [6, 6.07) is 5.76. The minimum Gasteiger partial charge on any atom is -0.444 e. The molecule has 0 saturated heterocycles. The van der Waals surface area contributed by atoms with Crippen molar-refractivity contribution in [1.29, 1.82) is 0 Å². The highest BCUT2D eigenvalue weighted by Crippen LogP contribution is 2.57. The summed E-state index contributed by atoms with van der Waals surface area (Å²) < 4.78 is 5.24. The van der Waals surface area contributed by atoms with Gasteiger partial charge in [-0.1, -0.05) is 31.5 Å². The van der Waals surface area contributed by atoms with Gasteiger partial charge in [0.25, 0.3) is 0 Å². The summed E-state index contributed by atoms with van der Waals surface area (Å²) in [4.78, 5) is 11.9. The van der Waals surface area contributed by atoms with E-state index in [0.717, 1.165) is 5.56 Å². The van der Waals surface area contributed by atoms with Crippen molar-refractivity contribution in [2.45, 2.75) is 52.2 Å². The van der Waals surface area contributed by atoms with Crippen LogP contribution >= 0.6 is 11.6 Å². The maximum Gasteiger partial charge on any atom is 0.412 e. The lowest BCUT2D eigenvalue weighted by molar-refractivity contribution is 0.0636. The SMILES string of the molecule is CC(C)(C)OC(=O)Nc1cc([C@@H]2[C@@H](N)C2(C)C)ccc1Cl. The molecule has 1 fully saturated rings. The lowest BCUT2D eigenvalue weighted by Gasteiger charge is -2.20. The van der Waals surface area contributed by atoms with Crippen LogP contribution in [0.25, 0.3) is 0 Å². The summed E-state index contributed by atoms with van der Waals surface area (Å²) in [5.41, 5.74) is 7.28. The second-order valence-corrected chi connectivity index (χ2v) is 7.60. The van der Waals surface area contributed by atoms with Crippen LogP contribution in [0.3, 0.4) is 0 Å². The normalized spacial score (nSPS) is 23.6. The molecular formula is C16H23ClN2O2. The molecule has 4 nitrogen and oxygen atoms in total. The summed E-state index contributed by atoms with van der Waals surface area (Å²) in [5.74, 6) is 0.286. The number of ether oxygens (including phenoxy) is 1. The number of benzene rings is 1. The Kier molecular flexibility index (Phi) is 3.98. The van der Waals surface area contributed by atoms with Crippen LogP contribution in [0.4, 0.5) is 10.5 Å². The van der Waals surface area contributed by atoms with Crippen LogP contribution in [0, 0.1) is 5.41 Å². The van der Waals surface area contributed by atoms with Crippen molar-refractivity contribution in [3.8, 4) is 0 Å². The minimum absolute atomic E-state index is 0.0804. The van der Waals surface area contributed by atoms with Crippen LogP contribution in [0.5, 0.6) is 0 Å². The van der Waals surface area contributed by atoms with E-state index in [4.69, 9.17) is 22.1 Å². The molecule has 1 aromatic rings. The molecule has 0 unspecified atom stereocenters. The topological polar surface area (TPSA) is 64.3 Å². The molecule has 0 aliphatic heterocycles. The minimum atomic E-state index is -0.547. The van der Waals surface area contributed by atoms with E-state index in [-0.39, 0.29) is 17.4 Å². The number of hydrogen-bond acceptors (Lipinski definition) is 3. The first-order valence-electron chi connectivity index (χ1n) is 7.07. The van der Waals surface area contributed by atoms with Gasteiger partial charge >= 0.3 is 6.09 Å². The molecule has 21 heavy (non-hydrogen) atoms. The van der Waals surface area contributed by atoms with E-state index in [2.05, 4.69) is 19.2 Å². The lowest BCUT2D eigenvalue weighted by Crippen LogP contribution is -2.27. The van der Waals surface area contributed by atoms with Gasteiger partial charge in [-0.25, -0.2) is 4.79 Å². The van der Waals surface area contributed by atoms with E-state index >= 15 is 0 Å². The molecule has 0 bridgehead atoms. The summed E-state index contributed by atoms with van der Waals surface area (Å²) in [6.07, 6.45) is -0.513. The van der Waals surface area contributed by atoms with Crippen LogP contribution in [0.1, 0.15) is 46.1 Å². The molecule has 1 amide bonds. The van der Waals surface area contributed by atoms with Gasteiger partial charge in [0.1, 0.15) is 5.60 Å². The van der Waals surface area contributed by atoms with E-state index in [1.54, 1.807) is 6.07 Å². The van der Waals surface area contributed by atoms with Crippen molar-refractivity contribution in [2.75, 3.05) is 5.32 Å². The molecule has 116 valence electrons. The average molecular weight is 311 g/mol. The predicted molar refractivity (Wildman–Crippen MR) is 85.8 cm³/mol. The zero-order valence-electron chi connectivity index (χ0n) is 13.2. The second kappa shape index (κ2) is 5.18. The molecular weight excluding hydrogens is 288 g/mol. The van der Waals surface area contributed by atoms with Gasteiger partial charge < -0.3 is 10.5 Å². The number of amides is 1. The van der Waals surface area contributed by atoms with Crippen molar-refractivity contribution in [3.05, 3.63) is 28.8 Å². The average Bonchev–Trinajstić information content (AvgIpc) is 2.79. The molecule has 2 atom stereocenters. The Labute approximate surface area is 131 Å². The first kappa shape index (κ1) is 16.1.